The number of carbonyl (C=O) groups excluding carboxylic acids is 1. The van der Waals surface area contributed by atoms with Crippen LogP contribution in [0.4, 0.5) is 5.69 Å². The number of carboxylic acids is 1. The smallest absolute Gasteiger partial charge is 0.336 e. The van der Waals surface area contributed by atoms with Crippen molar-refractivity contribution in [3.63, 3.8) is 0 Å². The summed E-state index contributed by atoms with van der Waals surface area (Å²) in [6.07, 6.45) is -1.51. The highest BCUT2D eigenvalue weighted by atomic mass is 16.6. The number of nitrogens with two attached hydrogens (primary N) is 1. The number of phenols is 1. The Bertz CT molecular complexity index is 1540. The van der Waals surface area contributed by atoms with E-state index in [-0.39, 0.29) is 47.9 Å². The van der Waals surface area contributed by atoms with Gasteiger partial charge in [0, 0.05) is 18.2 Å². The number of ketones is 1. The fourth-order valence-electron chi connectivity index (χ4n) is 4.59. The third-order valence-corrected chi connectivity index (χ3v) is 6.67. The highest BCUT2D eigenvalue weighted by molar-refractivity contribution is 6.05. The average molecular weight is 535 g/mol. The fourth-order valence-corrected chi connectivity index (χ4v) is 4.59. The van der Waals surface area contributed by atoms with Gasteiger partial charge < -0.3 is 35.6 Å². The number of imidazole rings is 1. The Labute approximate surface area is 221 Å². The number of nitrogens with zero attached hydrogens (tertiary/aromatic N) is 3. The molecular formula is C27H26N4O8. The van der Waals surface area contributed by atoms with Crippen molar-refractivity contribution in [1.82, 2.24) is 14.5 Å². The number of aromatic hydroxyl groups is 1. The maximum absolute atomic E-state index is 12.7. The Morgan fingerprint density at radius 2 is 1.79 bits per heavy atom. The summed E-state index contributed by atoms with van der Waals surface area (Å²) in [7, 11) is 0. The van der Waals surface area contributed by atoms with E-state index in [0.717, 1.165) is 0 Å². The van der Waals surface area contributed by atoms with Crippen LogP contribution in [0, 0.1) is 0 Å². The van der Waals surface area contributed by atoms with Crippen LogP contribution in [0.25, 0.3) is 11.2 Å². The molecule has 1 aliphatic heterocycles. The first-order valence-corrected chi connectivity index (χ1v) is 12.1. The van der Waals surface area contributed by atoms with Crippen molar-refractivity contribution >= 4 is 28.6 Å². The van der Waals surface area contributed by atoms with E-state index in [1.165, 1.54) is 35.3 Å². The number of aromatic nitrogens is 3. The SMILES string of the molecule is Nc1ccnc2c1ncn2[C@@H]1O[C@H](COc2cccc(CCC(=O)c3ccccc3C(=O)O)c2O)[C@@H](O)[C@H]1O. The van der Waals surface area contributed by atoms with E-state index < -0.39 is 30.5 Å². The van der Waals surface area contributed by atoms with E-state index in [1.807, 2.05) is 0 Å². The molecule has 6 N–H and O–H groups in total. The number of fused-ring (bicyclic) bond motifs is 1. The Morgan fingerprint density at radius 3 is 2.56 bits per heavy atom. The number of aliphatic hydroxyl groups excluding tert-OH is 2. The minimum atomic E-state index is -1.31. The van der Waals surface area contributed by atoms with Crippen molar-refractivity contribution in [2.45, 2.75) is 37.4 Å². The number of aromatic carboxylic acids is 1. The zero-order valence-electron chi connectivity index (χ0n) is 20.5. The number of hydrogen-bond donors (Lipinski definition) is 5. The van der Waals surface area contributed by atoms with Gasteiger partial charge in [0.05, 0.1) is 17.6 Å². The van der Waals surface area contributed by atoms with Gasteiger partial charge >= 0.3 is 5.97 Å². The van der Waals surface area contributed by atoms with Crippen LogP contribution in [0.5, 0.6) is 11.5 Å². The predicted molar refractivity (Wildman–Crippen MR) is 138 cm³/mol. The van der Waals surface area contributed by atoms with Gasteiger partial charge in [-0.1, -0.05) is 30.3 Å². The number of hydrogen-bond acceptors (Lipinski definition) is 10. The largest absolute Gasteiger partial charge is 0.504 e. The second-order valence-electron chi connectivity index (χ2n) is 9.12. The van der Waals surface area contributed by atoms with Gasteiger partial charge in [0.15, 0.2) is 29.2 Å². The lowest BCUT2D eigenvalue weighted by Gasteiger charge is -2.17. The molecule has 0 bridgehead atoms. The maximum Gasteiger partial charge on any atom is 0.336 e. The van der Waals surface area contributed by atoms with E-state index in [9.17, 15) is 30.0 Å². The number of carbonyl (C=O) groups is 2. The Hall–Kier alpha value is -4.52. The number of nitrogen functional groups attached to an aromatic ring is 1. The standard InChI is InChI=1S/C27H26N4O8/c28-17-10-11-29-25-21(17)30-13-31(25)26-24(35)23(34)20(39-26)12-38-19-7-3-4-14(22(19)33)8-9-18(32)15-5-1-2-6-16(15)27(36)37/h1-7,10-11,13,20,23-24,26,33-35H,8-9,12H2,(H2,28,29)(H,36,37)/t20-,23-,24-,26-/m1/s1. The van der Waals surface area contributed by atoms with E-state index in [4.69, 9.17) is 15.2 Å². The van der Waals surface area contributed by atoms with Crippen molar-refractivity contribution in [3.05, 3.63) is 77.7 Å². The summed E-state index contributed by atoms with van der Waals surface area (Å²) in [6, 6.07) is 12.3. The molecule has 12 nitrogen and oxygen atoms in total. The number of phenolic OH excluding ortho intramolecular Hbond substituents is 1. The van der Waals surface area contributed by atoms with Crippen LogP contribution in [0.15, 0.2) is 61.1 Å². The van der Waals surface area contributed by atoms with Crippen LogP contribution >= 0.6 is 0 Å². The van der Waals surface area contributed by atoms with E-state index in [1.54, 1.807) is 30.3 Å². The van der Waals surface area contributed by atoms with Gasteiger partial charge in [-0.15, -0.1) is 0 Å². The Balaban J connectivity index is 1.25. The molecule has 0 aliphatic carbocycles. The van der Waals surface area contributed by atoms with Crippen LogP contribution < -0.4 is 10.5 Å². The zero-order chi connectivity index (χ0) is 27.7. The molecule has 0 saturated carbocycles. The van der Waals surface area contributed by atoms with Crippen molar-refractivity contribution in [2.75, 3.05) is 12.3 Å². The first-order valence-electron chi connectivity index (χ1n) is 12.1. The van der Waals surface area contributed by atoms with Gasteiger partial charge in [0.25, 0.3) is 0 Å². The lowest BCUT2D eigenvalue weighted by atomic mass is 9.98. The summed E-state index contributed by atoms with van der Waals surface area (Å²) in [5.74, 6) is -1.66. The first kappa shape index (κ1) is 26.1. The summed E-state index contributed by atoms with van der Waals surface area (Å²) in [4.78, 5) is 32.5. The molecule has 3 heterocycles. The minimum Gasteiger partial charge on any atom is -0.504 e. The second kappa shape index (κ2) is 10.7. The van der Waals surface area contributed by atoms with Crippen molar-refractivity contribution in [1.29, 1.82) is 0 Å². The summed E-state index contributed by atoms with van der Waals surface area (Å²) < 4.78 is 13.1. The molecule has 1 fully saturated rings. The van der Waals surface area contributed by atoms with Crippen LogP contribution in [0.3, 0.4) is 0 Å². The number of Topliss-reactive ketones (excluding diaryl/α,β-unsaturated/α-hetero) is 1. The van der Waals surface area contributed by atoms with Crippen molar-refractivity contribution in [3.8, 4) is 11.5 Å². The lowest BCUT2D eigenvalue weighted by Crippen LogP contribution is -2.34. The number of para-hydroxylation sites is 1. The third kappa shape index (κ3) is 5.00. The lowest BCUT2D eigenvalue weighted by molar-refractivity contribution is -0.0476. The van der Waals surface area contributed by atoms with Gasteiger partial charge in [0.2, 0.25) is 0 Å². The number of rotatable bonds is 9. The van der Waals surface area contributed by atoms with Crippen molar-refractivity contribution in [2.24, 2.45) is 0 Å². The molecule has 2 aromatic heterocycles. The molecule has 0 radical (unpaired) electrons. The van der Waals surface area contributed by atoms with Crippen LogP contribution in [0.2, 0.25) is 0 Å². The minimum absolute atomic E-state index is 0.0307. The molecular weight excluding hydrogens is 508 g/mol. The highest BCUT2D eigenvalue weighted by Gasteiger charge is 2.44. The number of carboxylic acid groups (broad SMARTS) is 1. The number of aryl methyl sites for hydroxylation is 1. The number of anilines is 1. The summed E-state index contributed by atoms with van der Waals surface area (Å²) in [6.45, 7) is -0.196. The fraction of sp³-hybridized carbons (Fsp3) is 0.259. The molecule has 4 aromatic rings. The van der Waals surface area contributed by atoms with Gasteiger partial charge in [-0.2, -0.15) is 0 Å². The molecule has 39 heavy (non-hydrogen) atoms. The molecule has 2 aromatic carbocycles. The Morgan fingerprint density at radius 1 is 1.03 bits per heavy atom. The van der Waals surface area contributed by atoms with Crippen LogP contribution in [-0.2, 0) is 11.2 Å². The molecule has 12 heteroatoms. The van der Waals surface area contributed by atoms with Gasteiger partial charge in [-0.25, -0.2) is 14.8 Å². The highest BCUT2D eigenvalue weighted by Crippen LogP contribution is 2.35. The van der Waals surface area contributed by atoms with Gasteiger partial charge in [-0.3, -0.25) is 9.36 Å². The van der Waals surface area contributed by atoms with E-state index in [2.05, 4.69) is 9.97 Å². The molecule has 202 valence electrons. The number of aliphatic hydroxyl groups is 2. The van der Waals surface area contributed by atoms with Crippen molar-refractivity contribution < 1.29 is 39.5 Å². The van der Waals surface area contributed by atoms with Gasteiger partial charge in [-0.05, 0) is 30.2 Å². The molecule has 0 unspecified atom stereocenters. The molecule has 1 saturated heterocycles. The van der Waals surface area contributed by atoms with E-state index >= 15 is 0 Å². The Kier molecular flexibility index (Phi) is 7.15. The molecule has 0 amide bonds. The number of pyridine rings is 1. The molecule has 1 aliphatic rings. The van der Waals surface area contributed by atoms with E-state index in [0.29, 0.717) is 22.4 Å². The molecule has 0 spiro atoms. The molecule has 4 atom stereocenters. The number of benzene rings is 2. The summed E-state index contributed by atoms with van der Waals surface area (Å²) in [5.41, 5.74) is 7.61. The first-order chi connectivity index (χ1) is 18.8. The topological polar surface area (TPSA) is 190 Å². The van der Waals surface area contributed by atoms with Crippen LogP contribution in [-0.4, -0.2) is 71.6 Å². The third-order valence-electron chi connectivity index (χ3n) is 6.67. The maximum atomic E-state index is 12.7. The van der Waals surface area contributed by atoms with Crippen LogP contribution in [0.1, 0.15) is 38.9 Å². The summed E-state index contributed by atoms with van der Waals surface area (Å²) in [5, 5.41) is 41.3. The zero-order valence-corrected chi connectivity index (χ0v) is 20.5. The molecule has 5 rings (SSSR count). The average Bonchev–Trinajstić information content (AvgIpc) is 3.48. The quantitative estimate of drug-likeness (QED) is 0.197. The monoisotopic (exact) mass is 534 g/mol. The number of ether oxygens (including phenoxy) is 2. The second-order valence-corrected chi connectivity index (χ2v) is 9.12. The normalized spacial score (nSPS) is 20.8. The van der Waals surface area contributed by atoms with Gasteiger partial charge in [0.1, 0.15) is 30.4 Å². The summed E-state index contributed by atoms with van der Waals surface area (Å²) >= 11 is 0. The predicted octanol–water partition coefficient (Wildman–Crippen LogP) is 1.93.